The average Bonchev–Trinajstić information content (AvgIpc) is 3.89. The first-order chi connectivity index (χ1) is 32.6. The van der Waals surface area contributed by atoms with Gasteiger partial charge in [-0.05, 0) is 180 Å². The average molecular weight is 850 g/mol. The van der Waals surface area contributed by atoms with Gasteiger partial charge in [0.25, 0.3) is 0 Å². The molecule has 3 bridgehead atoms. The molecule has 0 aliphatic heterocycles. The van der Waals surface area contributed by atoms with Crippen molar-refractivity contribution in [2.75, 3.05) is 9.80 Å². The Hall–Kier alpha value is -7.36. The lowest BCUT2D eigenvalue weighted by molar-refractivity contribution is -0.000134. The topological polar surface area (TPSA) is 11.4 Å². The van der Waals surface area contributed by atoms with Gasteiger partial charge in [0.05, 0.1) is 16.7 Å². The predicted octanol–water partition coefficient (Wildman–Crippen LogP) is 17.0. The van der Waals surface area contributed by atoms with Crippen molar-refractivity contribution in [3.05, 3.63) is 224 Å². The molecule has 0 radical (unpaired) electrons. The normalized spacial score (nSPS) is 22.5. The van der Waals surface area contributed by atoms with E-state index >= 15 is 0 Å². The standard InChI is InChI=1S/C63H51N3/c1-3-13-48(14-4-1)64(51-31-33-53(34-32-51)66-59-21-11-9-19-56(59)57-20-10-12-22-60(57)66)50-27-23-44(24-28-50)45-25-29-52(30-26-45)65(49-15-5-2-6-16-49)61-36-35-58(54-17-7-8-18-55(54)61)62-39-43-37-46-38-47(41-62)63(46,40-43)42-62/h1-36,43,46-47H,37-42H2. The van der Waals surface area contributed by atoms with E-state index in [2.05, 4.69) is 233 Å². The molecule has 4 aliphatic carbocycles. The highest BCUT2D eigenvalue weighted by atomic mass is 15.1. The minimum atomic E-state index is 0.336. The third-order valence-corrected chi connectivity index (χ3v) is 16.7. The zero-order valence-electron chi connectivity index (χ0n) is 37.1. The van der Waals surface area contributed by atoms with E-state index in [-0.39, 0.29) is 0 Å². The van der Waals surface area contributed by atoms with Crippen LogP contribution in [-0.2, 0) is 5.41 Å². The number of hydrogen-bond donors (Lipinski definition) is 0. The molecule has 4 saturated carbocycles. The van der Waals surface area contributed by atoms with E-state index in [1.54, 1.807) is 5.56 Å². The number of aromatic nitrogens is 1. The van der Waals surface area contributed by atoms with Gasteiger partial charge in [0, 0.05) is 50.3 Å². The number of nitrogens with zero attached hydrogens (tertiary/aromatic N) is 3. The van der Waals surface area contributed by atoms with Gasteiger partial charge < -0.3 is 14.4 Å². The monoisotopic (exact) mass is 849 g/mol. The second kappa shape index (κ2) is 14.6. The fraction of sp³-hybridized carbons (Fsp3) is 0.175. The van der Waals surface area contributed by atoms with E-state index in [9.17, 15) is 0 Å². The smallest absolute Gasteiger partial charge is 0.0541 e. The van der Waals surface area contributed by atoms with Crippen LogP contribution in [0.15, 0.2) is 218 Å². The number of rotatable bonds is 9. The van der Waals surface area contributed by atoms with Crippen molar-refractivity contribution in [2.24, 2.45) is 23.2 Å². The quantitative estimate of drug-likeness (QED) is 0.143. The molecule has 0 amide bonds. The van der Waals surface area contributed by atoms with Crippen LogP contribution in [0.5, 0.6) is 0 Å². The first kappa shape index (κ1) is 38.0. The summed E-state index contributed by atoms with van der Waals surface area (Å²) in [4.78, 5) is 4.82. The van der Waals surface area contributed by atoms with Crippen LogP contribution in [-0.4, -0.2) is 4.57 Å². The SMILES string of the molecule is c1ccc(N(c2ccc(-c3ccc(N(c4ccccc4)c4ccc(C56CC7CC8CC(C5)C8(C7)C6)c5ccccc45)cc3)cc2)c2ccc(-n3c4ccccc4c4ccccc43)cc2)cc1. The summed E-state index contributed by atoms with van der Waals surface area (Å²) in [5, 5.41) is 5.34. The highest BCUT2D eigenvalue weighted by molar-refractivity contribution is 6.09. The number of benzene rings is 9. The zero-order chi connectivity index (χ0) is 43.4. The van der Waals surface area contributed by atoms with Crippen LogP contribution in [0.4, 0.5) is 34.1 Å². The van der Waals surface area contributed by atoms with Crippen molar-refractivity contribution in [1.29, 1.82) is 0 Å². The van der Waals surface area contributed by atoms with Crippen LogP contribution in [0.2, 0.25) is 0 Å². The Morgan fingerprint density at radius 1 is 0.379 bits per heavy atom. The minimum Gasteiger partial charge on any atom is -0.311 e. The van der Waals surface area contributed by atoms with E-state index in [1.165, 1.54) is 93.6 Å². The summed E-state index contributed by atoms with van der Waals surface area (Å²) >= 11 is 0. The fourth-order valence-corrected chi connectivity index (χ4v) is 14.2. The van der Waals surface area contributed by atoms with E-state index in [0.29, 0.717) is 10.8 Å². The highest BCUT2D eigenvalue weighted by Crippen LogP contribution is 2.79. The molecule has 9 aromatic carbocycles. The Morgan fingerprint density at radius 3 is 1.50 bits per heavy atom. The van der Waals surface area contributed by atoms with Gasteiger partial charge in [-0.2, -0.15) is 0 Å². The van der Waals surface area contributed by atoms with Crippen LogP contribution in [0.3, 0.4) is 0 Å². The molecular weight excluding hydrogens is 799 g/mol. The summed E-state index contributed by atoms with van der Waals surface area (Å²) in [7, 11) is 0. The number of fused-ring (bicyclic) bond motifs is 6. The molecule has 3 nitrogen and oxygen atoms in total. The van der Waals surface area contributed by atoms with Crippen molar-refractivity contribution in [3.8, 4) is 16.8 Å². The molecule has 10 aromatic rings. The van der Waals surface area contributed by atoms with Crippen molar-refractivity contribution >= 4 is 66.7 Å². The van der Waals surface area contributed by atoms with E-state index < -0.39 is 0 Å². The molecule has 4 aliphatic rings. The lowest BCUT2D eigenvalue weighted by atomic mass is 9.55. The third-order valence-electron chi connectivity index (χ3n) is 16.7. The van der Waals surface area contributed by atoms with Gasteiger partial charge in [0.2, 0.25) is 0 Å². The van der Waals surface area contributed by atoms with Gasteiger partial charge in [0.1, 0.15) is 0 Å². The molecular formula is C63H51N3. The van der Waals surface area contributed by atoms with Crippen molar-refractivity contribution in [2.45, 2.75) is 43.9 Å². The summed E-state index contributed by atoms with van der Waals surface area (Å²) < 4.78 is 2.38. The Labute approximate surface area is 387 Å². The largest absolute Gasteiger partial charge is 0.311 e. The summed E-state index contributed by atoms with van der Waals surface area (Å²) in [6.45, 7) is 0. The maximum atomic E-state index is 2.55. The minimum absolute atomic E-state index is 0.336. The maximum Gasteiger partial charge on any atom is 0.0541 e. The highest BCUT2D eigenvalue weighted by Gasteiger charge is 2.71. The molecule has 5 atom stereocenters. The number of para-hydroxylation sites is 4. The zero-order valence-corrected chi connectivity index (χ0v) is 37.1. The molecule has 1 aromatic heterocycles. The Balaban J connectivity index is 0.790. The summed E-state index contributed by atoms with van der Waals surface area (Å²) in [5.41, 5.74) is 15.5. The Morgan fingerprint density at radius 2 is 0.879 bits per heavy atom. The van der Waals surface area contributed by atoms with Gasteiger partial charge in [-0.25, -0.2) is 0 Å². The predicted molar refractivity (Wildman–Crippen MR) is 275 cm³/mol. The van der Waals surface area contributed by atoms with E-state index in [1.807, 2.05) is 0 Å². The van der Waals surface area contributed by atoms with Gasteiger partial charge >= 0.3 is 0 Å². The molecule has 318 valence electrons. The second-order valence-electron chi connectivity index (χ2n) is 20.0. The van der Waals surface area contributed by atoms with Crippen molar-refractivity contribution in [3.63, 3.8) is 0 Å². The second-order valence-corrected chi connectivity index (χ2v) is 20.0. The summed E-state index contributed by atoms with van der Waals surface area (Å²) in [5.74, 6) is 2.87. The van der Waals surface area contributed by atoms with E-state index in [4.69, 9.17) is 0 Å². The van der Waals surface area contributed by atoms with Gasteiger partial charge in [-0.3, -0.25) is 0 Å². The Kier molecular flexibility index (Phi) is 8.38. The Bertz CT molecular complexity index is 3390. The van der Waals surface area contributed by atoms with Crippen LogP contribution >= 0.6 is 0 Å². The van der Waals surface area contributed by atoms with Gasteiger partial charge in [0.15, 0.2) is 0 Å². The van der Waals surface area contributed by atoms with Crippen molar-refractivity contribution < 1.29 is 0 Å². The molecule has 3 heteroatoms. The van der Waals surface area contributed by atoms with Gasteiger partial charge in [-0.15, -0.1) is 0 Å². The molecule has 1 spiro atoms. The molecule has 66 heavy (non-hydrogen) atoms. The maximum absolute atomic E-state index is 2.55. The first-order valence-electron chi connectivity index (χ1n) is 24.1. The molecule has 4 fully saturated rings. The molecule has 1 heterocycles. The number of anilines is 6. The lowest BCUT2D eigenvalue weighted by Gasteiger charge is -2.49. The van der Waals surface area contributed by atoms with Crippen molar-refractivity contribution in [1.82, 2.24) is 4.57 Å². The summed E-state index contributed by atoms with van der Waals surface area (Å²) in [6, 6.07) is 80.6. The van der Waals surface area contributed by atoms with Crippen LogP contribution in [0, 0.1) is 23.2 Å². The van der Waals surface area contributed by atoms with Gasteiger partial charge in [-0.1, -0.05) is 127 Å². The van der Waals surface area contributed by atoms with E-state index in [0.717, 1.165) is 46.2 Å². The van der Waals surface area contributed by atoms with Crippen LogP contribution in [0.1, 0.15) is 44.1 Å². The fourth-order valence-electron chi connectivity index (χ4n) is 14.2. The molecule has 0 saturated heterocycles. The van der Waals surface area contributed by atoms with Crippen LogP contribution in [0.25, 0.3) is 49.4 Å². The molecule has 14 rings (SSSR count). The lowest BCUT2D eigenvalue weighted by Crippen LogP contribution is -2.42. The molecule has 5 unspecified atom stereocenters. The summed E-state index contributed by atoms with van der Waals surface area (Å²) in [6.07, 6.45) is 8.69. The first-order valence-corrected chi connectivity index (χ1v) is 24.1. The van der Waals surface area contributed by atoms with Crippen LogP contribution < -0.4 is 9.80 Å². The number of hydrogen-bond acceptors (Lipinski definition) is 2. The third kappa shape index (κ3) is 5.68. The molecule has 0 N–H and O–H groups in total.